The summed E-state index contributed by atoms with van der Waals surface area (Å²) in [7, 11) is 3.89. The zero-order chi connectivity index (χ0) is 8.20. The summed E-state index contributed by atoms with van der Waals surface area (Å²) in [4.78, 5) is 11.0. The number of hydrogen-bond acceptors (Lipinski definition) is 3. The molecule has 3 nitrogen and oxygen atoms in total. The van der Waals surface area contributed by atoms with Crippen LogP contribution in [0, 0.1) is 0 Å². The van der Waals surface area contributed by atoms with E-state index in [4.69, 9.17) is 9.42 Å². The Morgan fingerprint density at radius 3 is 2.40 bits per heavy atom. The first-order chi connectivity index (χ1) is 4.42. The lowest BCUT2D eigenvalue weighted by atomic mass is 10.6. The molecule has 1 N–H and O–H groups in total. The molecule has 1 atom stereocenters. The molecule has 0 aromatic heterocycles. The monoisotopic (exact) mass is 183 g/mol. The van der Waals surface area contributed by atoms with E-state index >= 15 is 0 Å². The van der Waals surface area contributed by atoms with Crippen LogP contribution in [0.5, 0.6) is 0 Å². The Labute approximate surface area is 67.2 Å². The number of rotatable bonds is 4. The SMILES string of the molecule is CN(C)CCO[P@](C)(O)=S. The van der Waals surface area contributed by atoms with Crippen molar-refractivity contribution in [2.24, 2.45) is 0 Å². The largest absolute Gasteiger partial charge is 0.345 e. The third-order valence-electron chi connectivity index (χ3n) is 0.869. The third-order valence-corrected chi connectivity index (χ3v) is 1.85. The van der Waals surface area contributed by atoms with E-state index in [1.807, 2.05) is 19.0 Å². The first-order valence-corrected chi connectivity index (χ1v) is 6.13. The Morgan fingerprint density at radius 1 is 1.60 bits per heavy atom. The van der Waals surface area contributed by atoms with Gasteiger partial charge in [-0.05, 0) is 25.9 Å². The maximum Gasteiger partial charge on any atom is 0.183 e. The minimum Gasteiger partial charge on any atom is -0.345 e. The predicted octanol–water partition coefficient (Wildman–Crippen LogP) is 0.496. The minimum atomic E-state index is -2.42. The van der Waals surface area contributed by atoms with Gasteiger partial charge in [-0.15, -0.1) is 0 Å². The third kappa shape index (κ3) is 8.53. The van der Waals surface area contributed by atoms with Crippen LogP contribution in [0.25, 0.3) is 0 Å². The van der Waals surface area contributed by atoms with Crippen molar-refractivity contribution in [1.29, 1.82) is 0 Å². The minimum absolute atomic E-state index is 0.511. The molecule has 10 heavy (non-hydrogen) atoms. The van der Waals surface area contributed by atoms with Crippen LogP contribution in [0.3, 0.4) is 0 Å². The van der Waals surface area contributed by atoms with E-state index in [-0.39, 0.29) is 0 Å². The van der Waals surface area contributed by atoms with E-state index in [1.54, 1.807) is 6.66 Å². The predicted molar refractivity (Wildman–Crippen MR) is 46.9 cm³/mol. The van der Waals surface area contributed by atoms with Crippen LogP contribution in [0.4, 0.5) is 0 Å². The molecule has 0 saturated heterocycles. The van der Waals surface area contributed by atoms with Gasteiger partial charge in [0, 0.05) is 13.2 Å². The second-order valence-electron chi connectivity index (χ2n) is 2.44. The van der Waals surface area contributed by atoms with Crippen LogP contribution < -0.4 is 0 Å². The first-order valence-electron chi connectivity index (χ1n) is 3.01. The molecule has 0 saturated carbocycles. The normalized spacial score (nSPS) is 17.3. The topological polar surface area (TPSA) is 32.7 Å². The van der Waals surface area contributed by atoms with Crippen molar-refractivity contribution in [3.8, 4) is 0 Å². The fourth-order valence-corrected chi connectivity index (χ4v) is 1.04. The molecule has 0 aromatic rings. The second-order valence-corrected chi connectivity index (χ2v) is 6.34. The van der Waals surface area contributed by atoms with Crippen molar-refractivity contribution in [3.05, 3.63) is 0 Å². The fraction of sp³-hybridized carbons (Fsp3) is 1.00. The van der Waals surface area contributed by atoms with E-state index in [1.165, 1.54) is 0 Å². The molecule has 0 spiro atoms. The molecule has 0 bridgehead atoms. The molecule has 0 aliphatic rings. The van der Waals surface area contributed by atoms with Crippen LogP contribution in [0.1, 0.15) is 0 Å². The molecule has 0 rings (SSSR count). The molecule has 0 aromatic carbocycles. The average molecular weight is 183 g/mol. The van der Waals surface area contributed by atoms with E-state index in [0.717, 1.165) is 6.54 Å². The van der Waals surface area contributed by atoms with Crippen molar-refractivity contribution < 1.29 is 9.42 Å². The molecule has 62 valence electrons. The molecule has 0 radical (unpaired) electrons. The van der Waals surface area contributed by atoms with E-state index in [2.05, 4.69) is 11.8 Å². The van der Waals surface area contributed by atoms with Crippen molar-refractivity contribution >= 4 is 18.3 Å². The second kappa shape index (κ2) is 4.42. The quantitative estimate of drug-likeness (QED) is 0.643. The molecule has 0 heterocycles. The Morgan fingerprint density at radius 2 is 2.10 bits per heavy atom. The van der Waals surface area contributed by atoms with E-state index in [0.29, 0.717) is 6.61 Å². The van der Waals surface area contributed by atoms with Gasteiger partial charge in [-0.25, -0.2) is 0 Å². The van der Waals surface area contributed by atoms with Crippen LogP contribution in [-0.4, -0.2) is 43.7 Å². The number of nitrogens with zero attached hydrogens (tertiary/aromatic N) is 1. The Balaban J connectivity index is 3.30. The molecular formula is C5H14NO2PS. The highest BCUT2D eigenvalue weighted by Gasteiger charge is 2.03. The summed E-state index contributed by atoms with van der Waals surface area (Å²) in [5, 5.41) is 0. The zero-order valence-electron chi connectivity index (χ0n) is 6.57. The van der Waals surface area contributed by atoms with Gasteiger partial charge >= 0.3 is 0 Å². The Hall–Kier alpha value is 0.530. The van der Waals surface area contributed by atoms with Gasteiger partial charge in [0.25, 0.3) is 0 Å². The summed E-state index contributed by atoms with van der Waals surface area (Å²) in [5.74, 6) is 0. The maximum absolute atomic E-state index is 9.02. The number of hydrogen-bond donors (Lipinski definition) is 1. The molecule has 0 amide bonds. The van der Waals surface area contributed by atoms with Crippen molar-refractivity contribution in [2.75, 3.05) is 33.9 Å². The van der Waals surface area contributed by atoms with Gasteiger partial charge < -0.3 is 14.3 Å². The fourth-order valence-electron chi connectivity index (χ4n) is 0.393. The zero-order valence-corrected chi connectivity index (χ0v) is 8.28. The average Bonchev–Trinajstić information content (AvgIpc) is 1.59. The first kappa shape index (κ1) is 10.5. The molecule has 5 heteroatoms. The summed E-state index contributed by atoms with van der Waals surface area (Å²) in [5.41, 5.74) is 0. The van der Waals surface area contributed by atoms with Gasteiger partial charge in [-0.1, -0.05) is 0 Å². The van der Waals surface area contributed by atoms with Crippen molar-refractivity contribution in [1.82, 2.24) is 4.90 Å². The van der Waals surface area contributed by atoms with Crippen LogP contribution in [0.2, 0.25) is 0 Å². The van der Waals surface area contributed by atoms with Gasteiger partial charge in [0.15, 0.2) is 6.49 Å². The van der Waals surface area contributed by atoms with E-state index < -0.39 is 6.49 Å². The molecule has 0 aliphatic carbocycles. The summed E-state index contributed by atoms with van der Waals surface area (Å²) in [6.07, 6.45) is 0. The summed E-state index contributed by atoms with van der Waals surface area (Å²) < 4.78 is 4.98. The summed E-state index contributed by atoms with van der Waals surface area (Å²) >= 11 is 4.66. The van der Waals surface area contributed by atoms with Crippen LogP contribution in [0.15, 0.2) is 0 Å². The van der Waals surface area contributed by atoms with Gasteiger partial charge in [-0.2, -0.15) is 0 Å². The summed E-state index contributed by atoms with van der Waals surface area (Å²) in [6.45, 7) is 0.448. The lowest BCUT2D eigenvalue weighted by molar-refractivity contribution is 0.260. The van der Waals surface area contributed by atoms with Gasteiger partial charge in [0.2, 0.25) is 0 Å². The summed E-state index contributed by atoms with van der Waals surface area (Å²) in [6, 6.07) is 0. The lowest BCUT2D eigenvalue weighted by Crippen LogP contribution is -2.17. The Bertz CT molecular complexity index is 134. The Kier molecular flexibility index (Phi) is 4.65. The maximum atomic E-state index is 9.02. The highest BCUT2D eigenvalue weighted by Crippen LogP contribution is 2.36. The highest BCUT2D eigenvalue weighted by atomic mass is 32.5. The van der Waals surface area contributed by atoms with Crippen LogP contribution >= 0.6 is 6.49 Å². The van der Waals surface area contributed by atoms with Gasteiger partial charge in [0.1, 0.15) is 0 Å². The molecule has 0 fully saturated rings. The van der Waals surface area contributed by atoms with Gasteiger partial charge in [0.05, 0.1) is 6.61 Å². The molecule has 0 unspecified atom stereocenters. The van der Waals surface area contributed by atoms with Gasteiger partial charge in [-0.3, -0.25) is 0 Å². The molecular weight excluding hydrogens is 169 g/mol. The van der Waals surface area contributed by atoms with Crippen LogP contribution in [-0.2, 0) is 16.3 Å². The van der Waals surface area contributed by atoms with Crippen molar-refractivity contribution in [3.63, 3.8) is 0 Å². The number of likely N-dealkylation sites (N-methyl/N-ethyl adjacent to an activating group) is 1. The highest BCUT2D eigenvalue weighted by molar-refractivity contribution is 8.09. The molecule has 0 aliphatic heterocycles. The van der Waals surface area contributed by atoms with Crippen molar-refractivity contribution in [2.45, 2.75) is 0 Å². The smallest absolute Gasteiger partial charge is 0.183 e. The standard InChI is InChI=1S/C5H14NO2PS/c1-6(2)4-5-8-9(3,7)10/h4-5H2,1-3H3,(H,7,10)/t9-/m0/s1. The van der Waals surface area contributed by atoms with E-state index in [9.17, 15) is 0 Å². The lowest BCUT2D eigenvalue weighted by Gasteiger charge is -2.12.